The number of thioether (sulfide) groups is 1. The highest BCUT2D eigenvalue weighted by molar-refractivity contribution is 8.00. The molecule has 2 amide bonds. The van der Waals surface area contributed by atoms with Gasteiger partial charge in [-0.25, -0.2) is 4.98 Å². The summed E-state index contributed by atoms with van der Waals surface area (Å²) >= 11 is 9.10. The van der Waals surface area contributed by atoms with Gasteiger partial charge in [-0.3, -0.25) is 9.59 Å². The molecule has 1 heterocycles. The molecule has 0 spiro atoms. The molecule has 8 heteroatoms. The van der Waals surface area contributed by atoms with Crippen LogP contribution in [-0.4, -0.2) is 22.0 Å². The molecule has 2 aromatic carbocycles. The zero-order valence-electron chi connectivity index (χ0n) is 18.1. The van der Waals surface area contributed by atoms with E-state index in [-0.39, 0.29) is 17.1 Å². The topological polar surface area (TPSA) is 71.1 Å². The molecule has 3 rings (SSSR count). The highest BCUT2D eigenvalue weighted by atomic mass is 35.5. The van der Waals surface area contributed by atoms with Gasteiger partial charge >= 0.3 is 0 Å². The van der Waals surface area contributed by atoms with Crippen LogP contribution in [0.1, 0.15) is 39.5 Å². The van der Waals surface area contributed by atoms with Gasteiger partial charge in [0, 0.05) is 33.0 Å². The fourth-order valence-corrected chi connectivity index (χ4v) is 4.96. The molecule has 0 aliphatic carbocycles. The third-order valence-electron chi connectivity index (χ3n) is 4.70. The number of amides is 2. The third kappa shape index (κ3) is 6.82. The smallest absolute Gasteiger partial charge is 0.239 e. The number of carbonyl (C=O) groups excluding carboxylic acids is 2. The molecule has 0 saturated carbocycles. The Hall–Kier alpha value is -2.35. The second kappa shape index (κ2) is 12.0. The average molecular weight is 488 g/mol. The Morgan fingerprint density at radius 1 is 1.12 bits per heavy atom. The van der Waals surface area contributed by atoms with Gasteiger partial charge in [-0.15, -0.1) is 23.1 Å². The number of carbonyl (C=O) groups is 2. The second-order valence-electron chi connectivity index (χ2n) is 7.20. The molecule has 3 aromatic rings. The first-order chi connectivity index (χ1) is 15.5. The van der Waals surface area contributed by atoms with E-state index in [2.05, 4.69) is 22.5 Å². The maximum Gasteiger partial charge on any atom is 0.239 e. The van der Waals surface area contributed by atoms with E-state index >= 15 is 0 Å². The zero-order valence-corrected chi connectivity index (χ0v) is 20.4. The number of hydrogen-bond acceptors (Lipinski definition) is 5. The molecular formula is C24H26ClN3O2S2. The largest absolute Gasteiger partial charge is 0.326 e. The van der Waals surface area contributed by atoms with Gasteiger partial charge in [-0.2, -0.15) is 0 Å². The molecule has 0 fully saturated rings. The van der Waals surface area contributed by atoms with E-state index in [1.54, 1.807) is 0 Å². The Bertz CT molecular complexity index is 1070. The fraction of sp³-hybridized carbons (Fsp3) is 0.292. The van der Waals surface area contributed by atoms with Crippen molar-refractivity contribution in [2.24, 2.45) is 0 Å². The fourth-order valence-electron chi connectivity index (χ4n) is 3.00. The minimum absolute atomic E-state index is 0.0110. The number of halogens is 1. The maximum atomic E-state index is 12.9. The lowest BCUT2D eigenvalue weighted by atomic mass is 10.2. The number of hydrogen-bond donors (Lipinski definition) is 2. The van der Waals surface area contributed by atoms with Gasteiger partial charge in [-0.1, -0.05) is 56.1 Å². The maximum absolute atomic E-state index is 12.9. The lowest BCUT2D eigenvalue weighted by molar-refractivity contribution is -0.116. The first-order valence-electron chi connectivity index (χ1n) is 10.6. The molecule has 1 atom stereocenters. The van der Waals surface area contributed by atoms with Crippen molar-refractivity contribution in [2.45, 2.75) is 49.7 Å². The summed E-state index contributed by atoms with van der Waals surface area (Å²) in [6.45, 7) is 4.04. The van der Waals surface area contributed by atoms with Crippen molar-refractivity contribution >= 4 is 57.3 Å². The van der Waals surface area contributed by atoms with Crippen LogP contribution in [0, 0.1) is 0 Å². The number of thiazole rings is 1. The molecule has 0 aliphatic rings. The van der Waals surface area contributed by atoms with Gasteiger partial charge in [0.2, 0.25) is 11.8 Å². The third-order valence-corrected chi connectivity index (χ3v) is 7.15. The first-order valence-corrected chi connectivity index (χ1v) is 12.7. The van der Waals surface area contributed by atoms with E-state index < -0.39 is 0 Å². The van der Waals surface area contributed by atoms with Crippen molar-refractivity contribution < 1.29 is 9.59 Å². The summed E-state index contributed by atoms with van der Waals surface area (Å²) in [6.07, 6.45) is 3.02. The summed E-state index contributed by atoms with van der Waals surface area (Å²) in [5.41, 5.74) is 2.32. The number of nitrogens with zero attached hydrogens (tertiary/aromatic N) is 1. The molecule has 0 aliphatic heterocycles. The molecule has 0 bridgehead atoms. The number of aromatic nitrogens is 1. The van der Waals surface area contributed by atoms with Crippen LogP contribution in [0.25, 0.3) is 11.3 Å². The standard InChI is InChI=1S/C24H26ClN3O2S2/c1-3-5-13-22(29)26-16-9-8-10-17(14-16)32-21(4-2)23(30)28-24-27-20(15-31-24)18-11-6-7-12-19(18)25/h6-12,14-15,21H,3-5,13H2,1-2H3,(H,26,29)(H,27,28,30). The highest BCUT2D eigenvalue weighted by Crippen LogP contribution is 2.32. The summed E-state index contributed by atoms with van der Waals surface area (Å²) in [6, 6.07) is 15.1. The minimum Gasteiger partial charge on any atom is -0.326 e. The molecular weight excluding hydrogens is 462 g/mol. The van der Waals surface area contributed by atoms with Crippen LogP contribution in [0.4, 0.5) is 10.8 Å². The zero-order chi connectivity index (χ0) is 22.9. The van der Waals surface area contributed by atoms with Crippen molar-refractivity contribution in [3.05, 3.63) is 58.9 Å². The lowest BCUT2D eigenvalue weighted by Gasteiger charge is -2.14. The van der Waals surface area contributed by atoms with Crippen molar-refractivity contribution in [1.29, 1.82) is 0 Å². The number of anilines is 2. The second-order valence-corrected chi connectivity index (χ2v) is 9.74. The van der Waals surface area contributed by atoms with Crippen molar-refractivity contribution in [1.82, 2.24) is 4.98 Å². The van der Waals surface area contributed by atoms with Crippen molar-refractivity contribution in [3.63, 3.8) is 0 Å². The molecule has 168 valence electrons. The Balaban J connectivity index is 1.63. The Kier molecular flexibility index (Phi) is 9.14. The summed E-state index contributed by atoms with van der Waals surface area (Å²) in [5, 5.41) is 8.62. The summed E-state index contributed by atoms with van der Waals surface area (Å²) < 4.78 is 0. The van der Waals surface area contributed by atoms with E-state index in [1.807, 2.05) is 60.8 Å². The number of benzene rings is 2. The van der Waals surface area contributed by atoms with E-state index in [1.165, 1.54) is 23.1 Å². The number of rotatable bonds is 10. The first kappa shape index (κ1) is 24.3. The quantitative estimate of drug-likeness (QED) is 0.299. The van der Waals surface area contributed by atoms with Gasteiger partial charge in [0.1, 0.15) is 0 Å². The van der Waals surface area contributed by atoms with Gasteiger partial charge in [0.05, 0.1) is 10.9 Å². The normalized spacial score (nSPS) is 11.7. The highest BCUT2D eigenvalue weighted by Gasteiger charge is 2.20. The van der Waals surface area contributed by atoms with Gasteiger partial charge in [0.15, 0.2) is 5.13 Å². The van der Waals surface area contributed by atoms with Gasteiger partial charge in [-0.05, 0) is 37.1 Å². The van der Waals surface area contributed by atoms with Crippen LogP contribution >= 0.6 is 34.7 Å². The Labute approximate surface area is 202 Å². The molecule has 2 N–H and O–H groups in total. The predicted octanol–water partition coefficient (Wildman–Crippen LogP) is 7.10. The molecule has 0 radical (unpaired) electrons. The Morgan fingerprint density at radius 3 is 2.69 bits per heavy atom. The Morgan fingerprint density at radius 2 is 1.94 bits per heavy atom. The monoisotopic (exact) mass is 487 g/mol. The van der Waals surface area contributed by atoms with Crippen LogP contribution in [0.3, 0.4) is 0 Å². The van der Waals surface area contributed by atoms with Crippen LogP contribution < -0.4 is 10.6 Å². The molecule has 0 saturated heterocycles. The van der Waals surface area contributed by atoms with E-state index in [0.29, 0.717) is 23.0 Å². The summed E-state index contributed by atoms with van der Waals surface area (Å²) in [5.74, 6) is -0.0909. The van der Waals surface area contributed by atoms with Gasteiger partial charge < -0.3 is 10.6 Å². The van der Waals surface area contributed by atoms with Crippen LogP contribution in [-0.2, 0) is 9.59 Å². The average Bonchev–Trinajstić information content (AvgIpc) is 3.24. The van der Waals surface area contributed by atoms with Crippen LogP contribution in [0.15, 0.2) is 58.8 Å². The molecule has 1 aromatic heterocycles. The molecule has 32 heavy (non-hydrogen) atoms. The lowest BCUT2D eigenvalue weighted by Crippen LogP contribution is -2.24. The van der Waals surface area contributed by atoms with Crippen molar-refractivity contribution in [3.8, 4) is 11.3 Å². The minimum atomic E-state index is -0.284. The van der Waals surface area contributed by atoms with Crippen LogP contribution in [0.2, 0.25) is 5.02 Å². The van der Waals surface area contributed by atoms with E-state index in [4.69, 9.17) is 11.6 Å². The summed E-state index contributed by atoms with van der Waals surface area (Å²) in [7, 11) is 0. The number of unbranched alkanes of at least 4 members (excludes halogenated alkanes) is 1. The van der Waals surface area contributed by atoms with E-state index in [0.717, 1.165) is 34.7 Å². The van der Waals surface area contributed by atoms with E-state index in [9.17, 15) is 9.59 Å². The SMILES string of the molecule is CCCCC(=O)Nc1cccc(SC(CC)C(=O)Nc2nc(-c3ccccc3Cl)cs2)c1. The predicted molar refractivity (Wildman–Crippen MR) is 136 cm³/mol. The van der Waals surface area contributed by atoms with Gasteiger partial charge in [0.25, 0.3) is 0 Å². The molecule has 5 nitrogen and oxygen atoms in total. The van der Waals surface area contributed by atoms with Crippen molar-refractivity contribution in [2.75, 3.05) is 10.6 Å². The van der Waals surface area contributed by atoms with Crippen LogP contribution in [0.5, 0.6) is 0 Å². The summed E-state index contributed by atoms with van der Waals surface area (Å²) in [4.78, 5) is 30.3. The molecule has 1 unspecified atom stereocenters. The number of nitrogens with one attached hydrogen (secondary N) is 2.